The molecule has 0 heterocycles. The fraction of sp³-hybridized carbons (Fsp3) is 0.280. The Hall–Kier alpha value is -4.72. The molecule has 2 saturated carbocycles. The summed E-state index contributed by atoms with van der Waals surface area (Å²) < 4.78 is 8.61. The first kappa shape index (κ1) is 33.4. The van der Waals surface area contributed by atoms with Gasteiger partial charge in [-0.05, 0) is 82.0 Å². The summed E-state index contributed by atoms with van der Waals surface area (Å²) in [5.41, 5.74) is 8.03. The first-order valence-electron chi connectivity index (χ1n) is 19.4. The highest BCUT2D eigenvalue weighted by atomic mass is 16.5. The molecule has 0 saturated heterocycles. The molecule has 256 valence electrons. The molecule has 2 aliphatic rings. The first-order chi connectivity index (χ1) is 25.3. The Balaban J connectivity index is 1.50. The molecule has 0 unspecified atom stereocenters. The van der Waals surface area contributed by atoms with Crippen LogP contribution < -0.4 is 0 Å². The summed E-state index contributed by atoms with van der Waals surface area (Å²) >= 11 is 0. The lowest BCUT2D eigenvalue weighted by Crippen LogP contribution is -2.45. The molecule has 0 amide bonds. The van der Waals surface area contributed by atoms with Gasteiger partial charge >= 0.3 is 0 Å². The highest BCUT2D eigenvalue weighted by Gasteiger charge is 2.51. The summed E-state index contributed by atoms with van der Waals surface area (Å²) in [7, 11) is 0. The molecule has 6 aromatic rings. The van der Waals surface area contributed by atoms with Crippen LogP contribution in [-0.2, 0) is 15.9 Å². The van der Waals surface area contributed by atoms with Crippen LogP contribution in [0.15, 0.2) is 170 Å². The molecule has 2 aliphatic carbocycles. The van der Waals surface area contributed by atoms with Crippen LogP contribution in [0, 0.1) is 0 Å². The Morgan fingerprint density at radius 3 is 0.902 bits per heavy atom. The van der Waals surface area contributed by atoms with E-state index >= 15 is 0 Å². The molecule has 8 rings (SSSR count). The van der Waals surface area contributed by atoms with Crippen molar-refractivity contribution in [2.45, 2.75) is 87.2 Å². The molecule has 2 fully saturated rings. The molecular weight excluding hydrogens is 617 g/mol. The van der Waals surface area contributed by atoms with E-state index in [1.807, 2.05) is 0 Å². The van der Waals surface area contributed by atoms with Gasteiger partial charge < -0.3 is 4.74 Å². The smallest absolute Gasteiger partial charge is 0.146 e. The normalized spacial score (nSPS) is 16.2. The van der Waals surface area contributed by atoms with Crippen molar-refractivity contribution in [2.75, 3.05) is 0 Å². The summed E-state index contributed by atoms with van der Waals surface area (Å²) in [6.45, 7) is 0. The summed E-state index contributed by atoms with van der Waals surface area (Å²) in [6.07, 6.45) is 12.6. The van der Waals surface area contributed by atoms with E-state index in [2.05, 4.69) is 170 Å². The molecule has 0 aromatic heterocycles. The van der Waals surface area contributed by atoms with Crippen molar-refractivity contribution >= 4 is 0 Å². The van der Waals surface area contributed by atoms with Crippen molar-refractivity contribution in [2.24, 2.45) is 0 Å². The highest BCUT2D eigenvalue weighted by molar-refractivity contribution is 5.56. The SMILES string of the molecule is c1ccc(C(OC(c2ccccc2)(c2ccccc2)c2ccccc2C2CCCCC2)(c2ccccc2)c2ccccc2C2CCCCC2)cc1. The van der Waals surface area contributed by atoms with Crippen molar-refractivity contribution in [3.05, 3.63) is 214 Å². The Morgan fingerprint density at radius 2 is 0.588 bits per heavy atom. The molecule has 0 spiro atoms. The molecule has 0 N–H and O–H groups in total. The molecular formula is C50H50O. The molecule has 0 atom stereocenters. The summed E-state index contributed by atoms with van der Waals surface area (Å²) in [4.78, 5) is 0. The Labute approximate surface area is 305 Å². The standard InChI is InChI=1S/C50H50O/c1-7-23-39(24-8-1)45-35-19-21-37-47(45)49(41-27-11-3-12-28-41,42-29-13-4-14-30-42)51-50(43-31-15-5-16-32-43,44-33-17-6-18-34-44)48-38-22-20-36-46(48)40-25-9-2-10-26-40/h3-6,11-22,27-40H,1-2,7-10,23-26H2. The van der Waals surface area contributed by atoms with E-state index in [0.29, 0.717) is 11.8 Å². The van der Waals surface area contributed by atoms with Crippen LogP contribution in [-0.4, -0.2) is 0 Å². The van der Waals surface area contributed by atoms with Gasteiger partial charge in [0.25, 0.3) is 0 Å². The maximum Gasteiger partial charge on any atom is 0.146 e. The van der Waals surface area contributed by atoms with Gasteiger partial charge in [-0.2, -0.15) is 0 Å². The van der Waals surface area contributed by atoms with E-state index in [1.54, 1.807) is 0 Å². The van der Waals surface area contributed by atoms with Crippen molar-refractivity contribution in [3.8, 4) is 0 Å². The van der Waals surface area contributed by atoms with E-state index < -0.39 is 11.2 Å². The molecule has 0 radical (unpaired) electrons. The quantitative estimate of drug-likeness (QED) is 0.132. The van der Waals surface area contributed by atoms with Gasteiger partial charge in [-0.15, -0.1) is 0 Å². The molecule has 51 heavy (non-hydrogen) atoms. The highest BCUT2D eigenvalue weighted by Crippen LogP contribution is 2.54. The average Bonchev–Trinajstić information content (AvgIpc) is 3.24. The van der Waals surface area contributed by atoms with Gasteiger partial charge in [0.05, 0.1) is 0 Å². The number of ether oxygens (including phenoxy) is 1. The molecule has 6 aromatic carbocycles. The molecule has 1 heteroatoms. The predicted octanol–water partition coefficient (Wildman–Crippen LogP) is 13.1. The number of rotatable bonds is 10. The minimum Gasteiger partial charge on any atom is -0.340 e. The average molecular weight is 667 g/mol. The molecule has 0 bridgehead atoms. The third-order valence-corrected chi connectivity index (χ3v) is 11.8. The Morgan fingerprint density at radius 1 is 0.314 bits per heavy atom. The number of benzene rings is 6. The maximum absolute atomic E-state index is 8.61. The van der Waals surface area contributed by atoms with Crippen LogP contribution in [0.5, 0.6) is 0 Å². The van der Waals surface area contributed by atoms with Gasteiger partial charge in [0.15, 0.2) is 0 Å². The zero-order chi connectivity index (χ0) is 34.4. The van der Waals surface area contributed by atoms with Gasteiger partial charge in [0.1, 0.15) is 11.2 Å². The monoisotopic (exact) mass is 666 g/mol. The molecule has 0 aliphatic heterocycles. The largest absolute Gasteiger partial charge is 0.340 e. The lowest BCUT2D eigenvalue weighted by Gasteiger charge is -2.48. The zero-order valence-electron chi connectivity index (χ0n) is 29.8. The lowest BCUT2D eigenvalue weighted by molar-refractivity contribution is -0.0821. The van der Waals surface area contributed by atoms with Crippen LogP contribution in [0.2, 0.25) is 0 Å². The van der Waals surface area contributed by atoms with Gasteiger partial charge in [0, 0.05) is 0 Å². The van der Waals surface area contributed by atoms with Gasteiger partial charge in [-0.25, -0.2) is 0 Å². The third-order valence-electron chi connectivity index (χ3n) is 11.8. The summed E-state index contributed by atoms with van der Waals surface area (Å²) in [5, 5.41) is 0. The topological polar surface area (TPSA) is 9.23 Å². The van der Waals surface area contributed by atoms with Crippen molar-refractivity contribution < 1.29 is 4.74 Å². The van der Waals surface area contributed by atoms with Crippen molar-refractivity contribution in [1.29, 1.82) is 0 Å². The van der Waals surface area contributed by atoms with Gasteiger partial charge in [0.2, 0.25) is 0 Å². The number of hydrogen-bond acceptors (Lipinski definition) is 1. The van der Waals surface area contributed by atoms with E-state index in [9.17, 15) is 0 Å². The lowest BCUT2D eigenvalue weighted by atomic mass is 9.70. The predicted molar refractivity (Wildman–Crippen MR) is 211 cm³/mol. The second kappa shape index (κ2) is 15.3. The van der Waals surface area contributed by atoms with Crippen LogP contribution >= 0.6 is 0 Å². The molecule has 1 nitrogen and oxygen atoms in total. The van der Waals surface area contributed by atoms with Gasteiger partial charge in [-0.3, -0.25) is 0 Å². The number of hydrogen-bond donors (Lipinski definition) is 0. The minimum atomic E-state index is -0.943. The van der Waals surface area contributed by atoms with Crippen LogP contribution in [0.1, 0.15) is 121 Å². The second-order valence-electron chi connectivity index (χ2n) is 14.8. The maximum atomic E-state index is 8.61. The summed E-state index contributed by atoms with van der Waals surface area (Å²) in [6, 6.07) is 62.8. The van der Waals surface area contributed by atoms with Crippen LogP contribution in [0.25, 0.3) is 0 Å². The van der Waals surface area contributed by atoms with Crippen LogP contribution in [0.4, 0.5) is 0 Å². The summed E-state index contributed by atoms with van der Waals surface area (Å²) in [5.74, 6) is 0.977. The minimum absolute atomic E-state index is 0.489. The van der Waals surface area contributed by atoms with E-state index in [-0.39, 0.29) is 0 Å². The third kappa shape index (κ3) is 6.38. The van der Waals surface area contributed by atoms with Crippen molar-refractivity contribution in [1.82, 2.24) is 0 Å². The fourth-order valence-electron chi connectivity index (χ4n) is 9.40. The first-order valence-corrected chi connectivity index (χ1v) is 19.4. The van der Waals surface area contributed by atoms with Crippen LogP contribution in [0.3, 0.4) is 0 Å². The second-order valence-corrected chi connectivity index (χ2v) is 14.8. The van der Waals surface area contributed by atoms with E-state index in [4.69, 9.17) is 4.74 Å². The van der Waals surface area contributed by atoms with Crippen molar-refractivity contribution in [3.63, 3.8) is 0 Å². The van der Waals surface area contributed by atoms with E-state index in [1.165, 1.54) is 86.5 Å². The van der Waals surface area contributed by atoms with Gasteiger partial charge in [-0.1, -0.05) is 208 Å². The van der Waals surface area contributed by atoms with E-state index in [0.717, 1.165) is 22.3 Å². The Kier molecular flexibility index (Phi) is 10.0. The Bertz CT molecular complexity index is 1740. The fourth-order valence-corrected chi connectivity index (χ4v) is 9.40. The zero-order valence-corrected chi connectivity index (χ0v) is 29.8.